The molecule has 1 aromatic rings. The molecule has 1 heterocycles. The lowest BCUT2D eigenvalue weighted by molar-refractivity contribution is -0.119. The van der Waals surface area contributed by atoms with Gasteiger partial charge < -0.3 is 0 Å². The minimum Gasteiger partial charge on any atom is -0.278 e. The quantitative estimate of drug-likeness (QED) is 0.778. The van der Waals surface area contributed by atoms with Gasteiger partial charge in [-0.25, -0.2) is 9.97 Å². The second-order valence-corrected chi connectivity index (χ2v) is 4.47. The van der Waals surface area contributed by atoms with E-state index in [0.717, 1.165) is 25.0 Å². The van der Waals surface area contributed by atoms with Crippen molar-refractivity contribution in [1.82, 2.24) is 9.97 Å². The van der Waals surface area contributed by atoms with Gasteiger partial charge in [-0.05, 0) is 32.3 Å². The molecule has 0 spiro atoms. The Hall–Kier alpha value is -1.45. The van der Waals surface area contributed by atoms with Gasteiger partial charge in [-0.3, -0.25) is 9.69 Å². The zero-order valence-electron chi connectivity index (χ0n) is 11.8. The molecule has 0 aliphatic rings. The molecule has 0 aliphatic carbocycles. The van der Waals surface area contributed by atoms with Crippen molar-refractivity contribution < 1.29 is 4.79 Å². The first kappa shape index (κ1) is 14.6. The fourth-order valence-electron chi connectivity index (χ4n) is 1.77. The van der Waals surface area contributed by atoms with Gasteiger partial charge >= 0.3 is 0 Å². The van der Waals surface area contributed by atoms with Crippen LogP contribution < -0.4 is 4.90 Å². The molecule has 1 unspecified atom stereocenters. The van der Waals surface area contributed by atoms with Gasteiger partial charge in [0.2, 0.25) is 11.9 Å². The normalized spacial score (nSPS) is 12.2. The van der Waals surface area contributed by atoms with Crippen LogP contribution in [-0.2, 0) is 11.2 Å². The van der Waals surface area contributed by atoms with Gasteiger partial charge in [0, 0.05) is 24.4 Å². The Morgan fingerprint density at radius 1 is 1.39 bits per heavy atom. The van der Waals surface area contributed by atoms with Crippen LogP contribution in [0.4, 0.5) is 5.95 Å². The highest BCUT2D eigenvalue weighted by atomic mass is 16.2. The predicted molar refractivity (Wildman–Crippen MR) is 73.6 cm³/mol. The van der Waals surface area contributed by atoms with Gasteiger partial charge in [0.25, 0.3) is 0 Å². The van der Waals surface area contributed by atoms with E-state index in [2.05, 4.69) is 16.9 Å². The van der Waals surface area contributed by atoms with E-state index in [4.69, 9.17) is 0 Å². The van der Waals surface area contributed by atoms with Gasteiger partial charge in [-0.1, -0.05) is 20.8 Å². The largest absolute Gasteiger partial charge is 0.278 e. The SMILES string of the molecule is CCCC(=O)N(c1nccc(CC)n1)C(C)CC. The maximum Gasteiger partial charge on any atom is 0.232 e. The van der Waals surface area contributed by atoms with Gasteiger partial charge in [0.05, 0.1) is 0 Å². The molecular formula is C14H23N3O. The summed E-state index contributed by atoms with van der Waals surface area (Å²) in [4.78, 5) is 22.6. The van der Waals surface area contributed by atoms with Crippen molar-refractivity contribution in [2.45, 2.75) is 59.4 Å². The first-order valence-corrected chi connectivity index (χ1v) is 6.77. The Balaban J connectivity index is 3.04. The molecular weight excluding hydrogens is 226 g/mol. The predicted octanol–water partition coefficient (Wildman–Crippen LogP) is 2.97. The van der Waals surface area contributed by atoms with E-state index in [0.29, 0.717) is 12.4 Å². The van der Waals surface area contributed by atoms with Crippen LogP contribution >= 0.6 is 0 Å². The van der Waals surface area contributed by atoms with Crippen molar-refractivity contribution in [3.8, 4) is 0 Å². The van der Waals surface area contributed by atoms with E-state index >= 15 is 0 Å². The average Bonchev–Trinajstić information content (AvgIpc) is 2.39. The fraction of sp³-hybridized carbons (Fsp3) is 0.643. The molecule has 0 radical (unpaired) electrons. The Morgan fingerprint density at radius 2 is 2.11 bits per heavy atom. The maximum atomic E-state index is 12.2. The Morgan fingerprint density at radius 3 is 2.67 bits per heavy atom. The zero-order valence-corrected chi connectivity index (χ0v) is 11.8. The second kappa shape index (κ2) is 7.09. The third-order valence-electron chi connectivity index (χ3n) is 3.04. The van der Waals surface area contributed by atoms with Crippen molar-refractivity contribution in [3.05, 3.63) is 18.0 Å². The molecule has 1 amide bonds. The van der Waals surface area contributed by atoms with Crippen molar-refractivity contribution in [2.24, 2.45) is 0 Å². The molecule has 1 atom stereocenters. The Bertz CT molecular complexity index is 392. The number of carbonyl (C=O) groups excluding carboxylic acids is 1. The molecule has 1 aromatic heterocycles. The highest BCUT2D eigenvalue weighted by Gasteiger charge is 2.22. The van der Waals surface area contributed by atoms with Crippen LogP contribution in [0.15, 0.2) is 12.3 Å². The molecule has 1 rings (SSSR count). The van der Waals surface area contributed by atoms with Crippen LogP contribution in [0.25, 0.3) is 0 Å². The summed E-state index contributed by atoms with van der Waals surface area (Å²) < 4.78 is 0. The first-order valence-electron chi connectivity index (χ1n) is 6.77. The van der Waals surface area contributed by atoms with E-state index in [9.17, 15) is 4.79 Å². The summed E-state index contributed by atoms with van der Waals surface area (Å²) in [5.41, 5.74) is 0.970. The summed E-state index contributed by atoms with van der Waals surface area (Å²) in [7, 11) is 0. The van der Waals surface area contributed by atoms with Gasteiger partial charge in [0.1, 0.15) is 0 Å². The van der Waals surface area contributed by atoms with Crippen molar-refractivity contribution in [1.29, 1.82) is 0 Å². The van der Waals surface area contributed by atoms with E-state index in [1.54, 1.807) is 11.1 Å². The topological polar surface area (TPSA) is 46.1 Å². The van der Waals surface area contributed by atoms with Crippen LogP contribution in [0.3, 0.4) is 0 Å². The molecule has 0 aliphatic heterocycles. The maximum absolute atomic E-state index is 12.2. The molecule has 0 fully saturated rings. The van der Waals surface area contributed by atoms with Crippen LogP contribution in [0, 0.1) is 0 Å². The highest BCUT2D eigenvalue weighted by molar-refractivity contribution is 5.92. The molecule has 18 heavy (non-hydrogen) atoms. The Labute approximate surface area is 109 Å². The lowest BCUT2D eigenvalue weighted by Crippen LogP contribution is -2.39. The molecule has 0 bridgehead atoms. The average molecular weight is 249 g/mol. The number of aromatic nitrogens is 2. The molecule has 4 nitrogen and oxygen atoms in total. The molecule has 100 valence electrons. The number of rotatable bonds is 6. The molecule has 4 heteroatoms. The van der Waals surface area contributed by atoms with Gasteiger partial charge in [-0.2, -0.15) is 0 Å². The Kier molecular flexibility index (Phi) is 5.75. The number of nitrogens with zero attached hydrogens (tertiary/aromatic N) is 3. The summed E-state index contributed by atoms with van der Waals surface area (Å²) in [5.74, 6) is 0.655. The number of amides is 1. The smallest absolute Gasteiger partial charge is 0.232 e. The van der Waals surface area contributed by atoms with E-state index in [1.807, 2.05) is 26.8 Å². The zero-order chi connectivity index (χ0) is 13.5. The molecule has 0 aromatic carbocycles. The lowest BCUT2D eigenvalue weighted by atomic mass is 10.2. The summed E-state index contributed by atoms with van der Waals surface area (Å²) >= 11 is 0. The number of aryl methyl sites for hydroxylation is 1. The minimum absolute atomic E-state index is 0.111. The molecule has 0 saturated carbocycles. The summed E-state index contributed by atoms with van der Waals surface area (Å²) in [6.07, 6.45) is 4.88. The van der Waals surface area contributed by atoms with Crippen molar-refractivity contribution in [2.75, 3.05) is 4.90 Å². The monoisotopic (exact) mass is 249 g/mol. The standard InChI is InChI=1S/C14H23N3O/c1-5-8-13(18)17(11(4)6-2)14-15-10-9-12(7-3)16-14/h9-11H,5-8H2,1-4H3. The van der Waals surface area contributed by atoms with Crippen molar-refractivity contribution >= 4 is 11.9 Å². The summed E-state index contributed by atoms with van der Waals surface area (Å²) in [6, 6.07) is 2.03. The third-order valence-corrected chi connectivity index (χ3v) is 3.04. The number of hydrogen-bond donors (Lipinski definition) is 0. The minimum atomic E-state index is 0.111. The molecule has 0 N–H and O–H groups in total. The number of anilines is 1. The van der Waals surface area contributed by atoms with Crippen LogP contribution in [0.5, 0.6) is 0 Å². The summed E-state index contributed by atoms with van der Waals surface area (Å²) in [5, 5.41) is 0. The van der Waals surface area contributed by atoms with Crippen LogP contribution in [0.2, 0.25) is 0 Å². The van der Waals surface area contributed by atoms with Gasteiger partial charge in [0.15, 0.2) is 0 Å². The highest BCUT2D eigenvalue weighted by Crippen LogP contribution is 2.16. The number of hydrogen-bond acceptors (Lipinski definition) is 3. The van der Waals surface area contributed by atoms with Gasteiger partial charge in [-0.15, -0.1) is 0 Å². The second-order valence-electron chi connectivity index (χ2n) is 4.47. The van der Waals surface area contributed by atoms with E-state index in [1.165, 1.54) is 0 Å². The summed E-state index contributed by atoms with van der Waals surface area (Å²) in [6.45, 7) is 8.17. The van der Waals surface area contributed by atoms with E-state index < -0.39 is 0 Å². The fourth-order valence-corrected chi connectivity index (χ4v) is 1.77. The lowest BCUT2D eigenvalue weighted by Gasteiger charge is -2.26. The van der Waals surface area contributed by atoms with E-state index in [-0.39, 0.29) is 11.9 Å². The molecule has 0 saturated heterocycles. The van der Waals surface area contributed by atoms with Crippen LogP contribution in [-0.4, -0.2) is 21.9 Å². The number of carbonyl (C=O) groups is 1. The van der Waals surface area contributed by atoms with Crippen molar-refractivity contribution in [3.63, 3.8) is 0 Å². The van der Waals surface area contributed by atoms with Crippen LogP contribution in [0.1, 0.15) is 52.7 Å². The third kappa shape index (κ3) is 3.52. The first-order chi connectivity index (χ1) is 8.63.